The highest BCUT2D eigenvalue weighted by Crippen LogP contribution is 2.16. The summed E-state index contributed by atoms with van der Waals surface area (Å²) in [5.74, 6) is 1.65. The molecule has 1 amide bonds. The molecule has 0 saturated carbocycles. The molecule has 0 radical (unpaired) electrons. The van der Waals surface area contributed by atoms with Gasteiger partial charge in [-0.15, -0.1) is 0 Å². The van der Waals surface area contributed by atoms with Gasteiger partial charge in [0.15, 0.2) is 0 Å². The number of nitrogens with one attached hydrogen (secondary N) is 1. The molecule has 3 rings (SSSR count). The predicted octanol–water partition coefficient (Wildman–Crippen LogP) is 3.30. The third kappa shape index (κ3) is 4.69. The summed E-state index contributed by atoms with van der Waals surface area (Å²) in [6, 6.07) is 15.6. The molecule has 3 aromatic rings. The van der Waals surface area contributed by atoms with Crippen molar-refractivity contribution in [3.8, 4) is 17.1 Å². The van der Waals surface area contributed by atoms with Crippen LogP contribution in [0.15, 0.2) is 53.1 Å². The summed E-state index contributed by atoms with van der Waals surface area (Å²) < 4.78 is 10.3. The largest absolute Gasteiger partial charge is 0.497 e. The lowest BCUT2D eigenvalue weighted by molar-refractivity contribution is -0.121. The predicted molar refractivity (Wildman–Crippen MR) is 97.6 cm³/mol. The molecular weight excluding hydrogens is 330 g/mol. The van der Waals surface area contributed by atoms with Crippen molar-refractivity contribution < 1.29 is 14.1 Å². The number of aryl methyl sites for hydroxylation is 2. The van der Waals surface area contributed by atoms with Gasteiger partial charge in [0.2, 0.25) is 17.6 Å². The molecule has 1 aromatic heterocycles. The fraction of sp³-hybridized carbons (Fsp3) is 0.250. The van der Waals surface area contributed by atoms with Gasteiger partial charge in [0.05, 0.1) is 13.7 Å². The van der Waals surface area contributed by atoms with Gasteiger partial charge in [0.1, 0.15) is 5.75 Å². The molecule has 0 saturated heterocycles. The van der Waals surface area contributed by atoms with E-state index in [1.165, 1.54) is 5.56 Å². The highest BCUT2D eigenvalue weighted by Gasteiger charge is 2.10. The van der Waals surface area contributed by atoms with Crippen molar-refractivity contribution in [2.45, 2.75) is 26.3 Å². The Labute approximate surface area is 152 Å². The number of amides is 1. The zero-order chi connectivity index (χ0) is 18.4. The van der Waals surface area contributed by atoms with E-state index in [0.29, 0.717) is 24.6 Å². The minimum Gasteiger partial charge on any atom is -0.497 e. The number of rotatable bonds is 7. The number of ether oxygens (including phenoxy) is 1. The van der Waals surface area contributed by atoms with Gasteiger partial charge in [-0.05, 0) is 31.0 Å². The normalized spacial score (nSPS) is 10.5. The maximum atomic E-state index is 12.0. The van der Waals surface area contributed by atoms with E-state index >= 15 is 0 Å². The Morgan fingerprint density at radius 3 is 2.54 bits per heavy atom. The minimum absolute atomic E-state index is 0.0593. The van der Waals surface area contributed by atoms with Crippen LogP contribution in [0.4, 0.5) is 0 Å². The highest BCUT2D eigenvalue weighted by atomic mass is 16.5. The first-order chi connectivity index (χ1) is 12.6. The molecule has 6 heteroatoms. The maximum absolute atomic E-state index is 12.0. The Kier molecular flexibility index (Phi) is 5.63. The van der Waals surface area contributed by atoms with E-state index in [2.05, 4.69) is 15.5 Å². The minimum atomic E-state index is -0.0593. The third-order valence-corrected chi connectivity index (χ3v) is 4.01. The van der Waals surface area contributed by atoms with Gasteiger partial charge < -0.3 is 14.6 Å². The average molecular weight is 351 g/mol. The molecule has 1 N–H and O–H groups in total. The summed E-state index contributed by atoms with van der Waals surface area (Å²) in [4.78, 5) is 16.3. The van der Waals surface area contributed by atoms with Crippen LogP contribution in [0.3, 0.4) is 0 Å². The van der Waals surface area contributed by atoms with E-state index in [1.807, 2.05) is 55.5 Å². The van der Waals surface area contributed by atoms with Crippen molar-refractivity contribution in [3.05, 3.63) is 65.5 Å². The van der Waals surface area contributed by atoms with Gasteiger partial charge in [-0.3, -0.25) is 4.79 Å². The van der Waals surface area contributed by atoms with Crippen LogP contribution >= 0.6 is 0 Å². The number of methoxy groups -OCH3 is 1. The van der Waals surface area contributed by atoms with Crippen LogP contribution in [0.1, 0.15) is 23.4 Å². The van der Waals surface area contributed by atoms with Gasteiger partial charge in [-0.25, -0.2) is 0 Å². The second kappa shape index (κ2) is 8.29. The van der Waals surface area contributed by atoms with Crippen molar-refractivity contribution >= 4 is 5.91 Å². The van der Waals surface area contributed by atoms with Crippen molar-refractivity contribution in [3.63, 3.8) is 0 Å². The summed E-state index contributed by atoms with van der Waals surface area (Å²) in [5, 5.41) is 6.76. The lowest BCUT2D eigenvalue weighted by atomic mass is 10.1. The van der Waals surface area contributed by atoms with E-state index in [4.69, 9.17) is 9.26 Å². The first kappa shape index (κ1) is 17.7. The zero-order valence-electron chi connectivity index (χ0n) is 14.9. The standard InChI is InChI=1S/C20H21N3O3/c1-14-3-8-16(9-4-14)20-22-19(26-23-20)13-21-18(24)12-7-15-5-10-17(25-2)11-6-15/h3-6,8-11H,7,12-13H2,1-2H3,(H,21,24). The Bertz CT molecular complexity index is 855. The molecule has 0 aliphatic carbocycles. The van der Waals surface area contributed by atoms with Crippen LogP contribution < -0.4 is 10.1 Å². The van der Waals surface area contributed by atoms with E-state index < -0.39 is 0 Å². The summed E-state index contributed by atoms with van der Waals surface area (Å²) in [5.41, 5.74) is 3.14. The second-order valence-electron chi connectivity index (χ2n) is 6.00. The van der Waals surface area contributed by atoms with E-state index in [-0.39, 0.29) is 12.5 Å². The van der Waals surface area contributed by atoms with Crippen LogP contribution in [0.2, 0.25) is 0 Å². The molecule has 2 aromatic carbocycles. The molecular formula is C20H21N3O3. The summed E-state index contributed by atoms with van der Waals surface area (Å²) in [7, 11) is 1.63. The Morgan fingerprint density at radius 2 is 1.85 bits per heavy atom. The summed E-state index contributed by atoms with van der Waals surface area (Å²) >= 11 is 0. The zero-order valence-corrected chi connectivity index (χ0v) is 14.9. The van der Waals surface area contributed by atoms with Gasteiger partial charge in [-0.2, -0.15) is 4.98 Å². The Balaban J connectivity index is 1.47. The lowest BCUT2D eigenvalue weighted by Crippen LogP contribution is -2.23. The molecule has 0 spiro atoms. The fourth-order valence-corrected chi connectivity index (χ4v) is 2.46. The third-order valence-electron chi connectivity index (χ3n) is 4.01. The summed E-state index contributed by atoms with van der Waals surface area (Å²) in [6.07, 6.45) is 1.06. The van der Waals surface area contributed by atoms with E-state index in [1.54, 1.807) is 7.11 Å². The number of aromatic nitrogens is 2. The maximum Gasteiger partial charge on any atom is 0.246 e. The topological polar surface area (TPSA) is 77.2 Å². The van der Waals surface area contributed by atoms with Crippen LogP contribution in [0.25, 0.3) is 11.4 Å². The van der Waals surface area contributed by atoms with Crippen LogP contribution in [0.5, 0.6) is 5.75 Å². The average Bonchev–Trinajstić information content (AvgIpc) is 3.14. The van der Waals surface area contributed by atoms with Gasteiger partial charge in [-0.1, -0.05) is 47.1 Å². The van der Waals surface area contributed by atoms with Crippen molar-refractivity contribution in [2.24, 2.45) is 0 Å². The molecule has 0 unspecified atom stereocenters. The molecule has 1 heterocycles. The van der Waals surface area contributed by atoms with Crippen LogP contribution in [0, 0.1) is 6.92 Å². The van der Waals surface area contributed by atoms with Gasteiger partial charge in [0, 0.05) is 12.0 Å². The quantitative estimate of drug-likeness (QED) is 0.707. The van der Waals surface area contributed by atoms with E-state index in [0.717, 1.165) is 16.9 Å². The van der Waals surface area contributed by atoms with Crippen LogP contribution in [-0.2, 0) is 17.8 Å². The first-order valence-electron chi connectivity index (χ1n) is 8.43. The second-order valence-corrected chi connectivity index (χ2v) is 6.00. The smallest absolute Gasteiger partial charge is 0.246 e. The molecule has 26 heavy (non-hydrogen) atoms. The molecule has 134 valence electrons. The monoisotopic (exact) mass is 351 g/mol. The first-order valence-corrected chi connectivity index (χ1v) is 8.43. The van der Waals surface area contributed by atoms with Gasteiger partial charge in [0.25, 0.3) is 0 Å². The number of benzene rings is 2. The van der Waals surface area contributed by atoms with Gasteiger partial charge >= 0.3 is 0 Å². The highest BCUT2D eigenvalue weighted by molar-refractivity contribution is 5.76. The summed E-state index contributed by atoms with van der Waals surface area (Å²) in [6.45, 7) is 2.24. The number of carbonyl (C=O) groups is 1. The number of nitrogens with zero attached hydrogens (tertiary/aromatic N) is 2. The lowest BCUT2D eigenvalue weighted by Gasteiger charge is -2.04. The van der Waals surface area contributed by atoms with Crippen molar-refractivity contribution in [1.82, 2.24) is 15.5 Å². The number of carbonyl (C=O) groups excluding carboxylic acids is 1. The Morgan fingerprint density at radius 1 is 1.12 bits per heavy atom. The Hall–Kier alpha value is -3.15. The molecule has 6 nitrogen and oxygen atoms in total. The molecule has 0 bridgehead atoms. The molecule has 0 atom stereocenters. The van der Waals surface area contributed by atoms with E-state index in [9.17, 15) is 4.79 Å². The molecule has 0 fully saturated rings. The van der Waals surface area contributed by atoms with Crippen LogP contribution in [-0.4, -0.2) is 23.2 Å². The number of hydrogen-bond acceptors (Lipinski definition) is 5. The van der Waals surface area contributed by atoms with Crippen molar-refractivity contribution in [1.29, 1.82) is 0 Å². The molecule has 0 aliphatic rings. The number of hydrogen-bond donors (Lipinski definition) is 1. The van der Waals surface area contributed by atoms with Crippen molar-refractivity contribution in [2.75, 3.05) is 7.11 Å². The molecule has 0 aliphatic heterocycles. The SMILES string of the molecule is COc1ccc(CCC(=O)NCc2nc(-c3ccc(C)cc3)no2)cc1. The fourth-order valence-electron chi connectivity index (χ4n) is 2.46.